The van der Waals surface area contributed by atoms with Gasteiger partial charge in [-0.1, -0.05) is 0 Å². The van der Waals surface area contributed by atoms with Crippen molar-refractivity contribution in [3.05, 3.63) is 46.3 Å². The average molecular weight is 260 g/mol. The van der Waals surface area contributed by atoms with Gasteiger partial charge in [-0.2, -0.15) is 0 Å². The Morgan fingerprint density at radius 3 is 2.79 bits per heavy atom. The largest absolute Gasteiger partial charge is 0.497 e. The number of hydrogen-bond donors (Lipinski definition) is 0. The molecule has 0 aliphatic carbocycles. The van der Waals surface area contributed by atoms with E-state index < -0.39 is 5.97 Å². The minimum atomic E-state index is -0.533. The molecular formula is C14H12O5. The SMILES string of the molecule is COC(=O)/C=C/c1coc2cc(OC)ccc2c1=O. The summed E-state index contributed by atoms with van der Waals surface area (Å²) in [5.41, 5.74) is 0.492. The van der Waals surface area contributed by atoms with E-state index in [4.69, 9.17) is 9.15 Å². The lowest BCUT2D eigenvalue weighted by molar-refractivity contribution is -0.134. The first-order valence-corrected chi connectivity index (χ1v) is 5.51. The molecule has 0 fully saturated rings. The lowest BCUT2D eigenvalue weighted by Gasteiger charge is -2.02. The maximum absolute atomic E-state index is 12.1. The van der Waals surface area contributed by atoms with Crippen LogP contribution < -0.4 is 10.2 Å². The number of esters is 1. The number of ether oxygens (including phenoxy) is 2. The zero-order chi connectivity index (χ0) is 13.8. The molecule has 19 heavy (non-hydrogen) atoms. The summed E-state index contributed by atoms with van der Waals surface area (Å²) in [5.74, 6) is 0.0720. The van der Waals surface area contributed by atoms with Gasteiger partial charge in [-0.05, 0) is 18.2 Å². The first-order valence-electron chi connectivity index (χ1n) is 5.51. The Hall–Kier alpha value is -2.56. The number of methoxy groups -OCH3 is 2. The first kappa shape index (κ1) is 12.9. The fourth-order valence-electron chi connectivity index (χ4n) is 1.59. The van der Waals surface area contributed by atoms with Gasteiger partial charge in [0.2, 0.25) is 0 Å². The molecule has 0 aliphatic rings. The Labute approximate surface area is 109 Å². The molecule has 5 nitrogen and oxygen atoms in total. The second-order valence-corrected chi connectivity index (χ2v) is 3.74. The van der Waals surface area contributed by atoms with Crippen molar-refractivity contribution in [1.29, 1.82) is 0 Å². The molecular weight excluding hydrogens is 248 g/mol. The summed E-state index contributed by atoms with van der Waals surface area (Å²) in [5, 5.41) is 0.424. The summed E-state index contributed by atoms with van der Waals surface area (Å²) in [6.07, 6.45) is 3.83. The van der Waals surface area contributed by atoms with E-state index in [9.17, 15) is 9.59 Å². The highest BCUT2D eigenvalue weighted by Crippen LogP contribution is 2.18. The molecule has 5 heteroatoms. The predicted octanol–water partition coefficient (Wildman–Crippen LogP) is 1.99. The zero-order valence-electron chi connectivity index (χ0n) is 10.5. The molecule has 0 radical (unpaired) electrons. The second-order valence-electron chi connectivity index (χ2n) is 3.74. The third-order valence-corrected chi connectivity index (χ3v) is 2.61. The van der Waals surface area contributed by atoms with Crippen LogP contribution >= 0.6 is 0 Å². The highest BCUT2D eigenvalue weighted by atomic mass is 16.5. The molecule has 98 valence electrons. The summed E-state index contributed by atoms with van der Waals surface area (Å²) in [4.78, 5) is 23.1. The number of carbonyl (C=O) groups is 1. The molecule has 0 saturated carbocycles. The normalized spacial score (nSPS) is 10.8. The van der Waals surface area contributed by atoms with Crippen LogP contribution in [0.3, 0.4) is 0 Å². The van der Waals surface area contributed by atoms with Crippen molar-refractivity contribution in [3.63, 3.8) is 0 Å². The van der Waals surface area contributed by atoms with Crippen LogP contribution in [-0.4, -0.2) is 20.2 Å². The van der Waals surface area contributed by atoms with Crippen LogP contribution in [0.4, 0.5) is 0 Å². The van der Waals surface area contributed by atoms with Crippen LogP contribution in [0.25, 0.3) is 17.0 Å². The molecule has 1 aromatic heterocycles. The van der Waals surface area contributed by atoms with Gasteiger partial charge in [0.05, 0.1) is 25.2 Å². The summed E-state index contributed by atoms with van der Waals surface area (Å²) in [6.45, 7) is 0. The van der Waals surface area contributed by atoms with E-state index >= 15 is 0 Å². The number of rotatable bonds is 3. The van der Waals surface area contributed by atoms with Gasteiger partial charge in [0.1, 0.15) is 17.6 Å². The zero-order valence-corrected chi connectivity index (χ0v) is 10.5. The van der Waals surface area contributed by atoms with Gasteiger partial charge in [-0.3, -0.25) is 4.79 Å². The van der Waals surface area contributed by atoms with Crippen molar-refractivity contribution in [3.8, 4) is 5.75 Å². The van der Waals surface area contributed by atoms with Crippen molar-refractivity contribution < 1.29 is 18.7 Å². The van der Waals surface area contributed by atoms with E-state index in [1.54, 1.807) is 18.2 Å². The Morgan fingerprint density at radius 1 is 1.32 bits per heavy atom. The van der Waals surface area contributed by atoms with E-state index in [1.165, 1.54) is 32.6 Å². The van der Waals surface area contributed by atoms with Crippen LogP contribution in [0.5, 0.6) is 5.75 Å². The third-order valence-electron chi connectivity index (χ3n) is 2.61. The number of fused-ring (bicyclic) bond motifs is 1. The van der Waals surface area contributed by atoms with E-state index in [0.717, 1.165) is 0 Å². The number of benzene rings is 1. The fraction of sp³-hybridized carbons (Fsp3) is 0.143. The van der Waals surface area contributed by atoms with Crippen molar-refractivity contribution in [2.45, 2.75) is 0 Å². The topological polar surface area (TPSA) is 65.7 Å². The third kappa shape index (κ3) is 2.65. The minimum absolute atomic E-state index is 0.218. The van der Waals surface area contributed by atoms with Crippen LogP contribution in [0, 0.1) is 0 Å². The molecule has 1 heterocycles. The molecule has 0 aliphatic heterocycles. The van der Waals surface area contributed by atoms with Crippen LogP contribution in [-0.2, 0) is 9.53 Å². The maximum atomic E-state index is 12.1. The van der Waals surface area contributed by atoms with Crippen molar-refractivity contribution in [2.24, 2.45) is 0 Å². The second kappa shape index (κ2) is 5.39. The van der Waals surface area contributed by atoms with Crippen LogP contribution in [0.2, 0.25) is 0 Å². The lowest BCUT2D eigenvalue weighted by Crippen LogP contribution is -2.05. The van der Waals surface area contributed by atoms with E-state index in [1.807, 2.05) is 0 Å². The first-order chi connectivity index (χ1) is 9.15. The fourth-order valence-corrected chi connectivity index (χ4v) is 1.59. The molecule has 0 bridgehead atoms. The van der Waals surface area contributed by atoms with Gasteiger partial charge in [-0.15, -0.1) is 0 Å². The van der Waals surface area contributed by atoms with Gasteiger partial charge in [-0.25, -0.2) is 4.79 Å². The molecule has 1 aromatic carbocycles. The Morgan fingerprint density at radius 2 is 2.11 bits per heavy atom. The molecule has 0 amide bonds. The van der Waals surface area contributed by atoms with Crippen molar-refractivity contribution in [1.82, 2.24) is 0 Å². The lowest BCUT2D eigenvalue weighted by atomic mass is 10.1. The summed E-state index contributed by atoms with van der Waals surface area (Å²) < 4.78 is 14.9. The minimum Gasteiger partial charge on any atom is -0.497 e. The van der Waals surface area contributed by atoms with Gasteiger partial charge >= 0.3 is 5.97 Å². The molecule has 0 spiro atoms. The van der Waals surface area contributed by atoms with Crippen LogP contribution in [0.1, 0.15) is 5.56 Å². The molecule has 0 atom stereocenters. The number of hydrogen-bond acceptors (Lipinski definition) is 5. The van der Waals surface area contributed by atoms with E-state index in [0.29, 0.717) is 16.7 Å². The Balaban J connectivity index is 2.49. The number of carbonyl (C=O) groups excluding carboxylic acids is 1. The van der Waals surface area contributed by atoms with E-state index in [2.05, 4.69) is 4.74 Å². The highest BCUT2D eigenvalue weighted by Gasteiger charge is 2.06. The standard InChI is InChI=1S/C14H12O5/c1-17-10-4-5-11-12(7-10)19-8-9(14(11)16)3-6-13(15)18-2/h3-8H,1-2H3/b6-3+. The Bertz CT molecular complexity index is 697. The van der Waals surface area contributed by atoms with Gasteiger partial charge in [0.25, 0.3) is 0 Å². The average Bonchev–Trinajstić information content (AvgIpc) is 2.45. The van der Waals surface area contributed by atoms with E-state index in [-0.39, 0.29) is 11.0 Å². The summed E-state index contributed by atoms with van der Waals surface area (Å²) >= 11 is 0. The van der Waals surface area contributed by atoms with Crippen molar-refractivity contribution in [2.75, 3.05) is 14.2 Å². The van der Waals surface area contributed by atoms with Gasteiger partial charge in [0, 0.05) is 12.1 Å². The molecule has 2 rings (SSSR count). The monoisotopic (exact) mass is 260 g/mol. The van der Waals surface area contributed by atoms with Crippen molar-refractivity contribution >= 4 is 23.0 Å². The smallest absolute Gasteiger partial charge is 0.330 e. The van der Waals surface area contributed by atoms with Crippen LogP contribution in [0.15, 0.2) is 39.7 Å². The quantitative estimate of drug-likeness (QED) is 0.623. The highest BCUT2D eigenvalue weighted by molar-refractivity contribution is 5.88. The predicted molar refractivity (Wildman–Crippen MR) is 70.1 cm³/mol. The van der Waals surface area contributed by atoms with Gasteiger partial charge < -0.3 is 13.9 Å². The summed E-state index contributed by atoms with van der Waals surface area (Å²) in [7, 11) is 2.80. The molecule has 0 N–H and O–H groups in total. The van der Waals surface area contributed by atoms with Gasteiger partial charge in [0.15, 0.2) is 5.43 Å². The Kier molecular flexibility index (Phi) is 3.66. The molecule has 2 aromatic rings. The maximum Gasteiger partial charge on any atom is 0.330 e. The molecule has 0 saturated heterocycles. The molecule has 0 unspecified atom stereocenters. The summed E-state index contributed by atoms with van der Waals surface area (Å²) in [6, 6.07) is 4.92.